The molecule has 0 fully saturated rings. The number of aromatic nitrogens is 1. The van der Waals surface area contributed by atoms with E-state index in [9.17, 15) is 9.18 Å². The molecule has 5 nitrogen and oxygen atoms in total. The number of rotatable bonds is 4. The number of carbonyl (C=O) groups is 1. The number of amides is 1. The molecule has 0 aliphatic rings. The molecule has 3 rings (SSSR count). The molecule has 0 unspecified atom stereocenters. The molecule has 1 aromatic heterocycles. The highest BCUT2D eigenvalue weighted by Crippen LogP contribution is 2.32. The highest BCUT2D eigenvalue weighted by atomic mass is 32.1. The average molecular weight is 370 g/mol. The van der Waals surface area contributed by atoms with Crippen LogP contribution in [0, 0.1) is 5.82 Å². The van der Waals surface area contributed by atoms with Gasteiger partial charge >= 0.3 is 0 Å². The van der Waals surface area contributed by atoms with Crippen LogP contribution in [0.15, 0.2) is 48.5 Å². The Morgan fingerprint density at radius 2 is 1.92 bits per heavy atom. The topological polar surface area (TPSA) is 68.9 Å². The number of nitrogens with one attached hydrogen (secondary N) is 4. The van der Waals surface area contributed by atoms with E-state index in [4.69, 9.17) is 12.2 Å². The summed E-state index contributed by atoms with van der Waals surface area (Å²) in [6, 6.07) is 13.8. The molecule has 0 saturated heterocycles. The summed E-state index contributed by atoms with van der Waals surface area (Å²) < 4.78 is 13.8. The fraction of sp³-hybridized carbons (Fsp3) is 0.158. The van der Waals surface area contributed by atoms with Gasteiger partial charge in [-0.1, -0.05) is 37.3 Å². The standard InChI is InChI=1S/C19H19FN4OS/c1-2-10-21-19(26)24-23-18(25)17-16(12-6-4-3-5-7-12)14-11-13(20)8-9-15(14)22-17/h3-9,11,22H,2,10H2,1H3,(H,23,25)(H2,21,24,26). The molecule has 0 aliphatic heterocycles. The third kappa shape index (κ3) is 3.83. The van der Waals surface area contributed by atoms with E-state index >= 15 is 0 Å². The number of hydrogen-bond acceptors (Lipinski definition) is 2. The lowest BCUT2D eigenvalue weighted by Crippen LogP contribution is -2.47. The van der Waals surface area contributed by atoms with Crippen LogP contribution in [0.2, 0.25) is 0 Å². The van der Waals surface area contributed by atoms with E-state index in [-0.39, 0.29) is 11.7 Å². The van der Waals surface area contributed by atoms with Crippen molar-refractivity contribution < 1.29 is 9.18 Å². The van der Waals surface area contributed by atoms with Gasteiger partial charge in [-0.05, 0) is 42.4 Å². The van der Waals surface area contributed by atoms with Gasteiger partial charge in [-0.2, -0.15) is 0 Å². The molecule has 3 aromatic rings. The lowest BCUT2D eigenvalue weighted by atomic mass is 10.0. The number of carbonyl (C=O) groups excluding carboxylic acids is 1. The molecule has 1 heterocycles. The summed E-state index contributed by atoms with van der Waals surface area (Å²) in [6.07, 6.45) is 0.918. The van der Waals surface area contributed by atoms with Gasteiger partial charge in [-0.15, -0.1) is 0 Å². The molecule has 26 heavy (non-hydrogen) atoms. The van der Waals surface area contributed by atoms with E-state index in [1.165, 1.54) is 12.1 Å². The van der Waals surface area contributed by atoms with Gasteiger partial charge in [0.15, 0.2) is 5.11 Å². The lowest BCUT2D eigenvalue weighted by Gasteiger charge is -2.11. The number of halogens is 1. The average Bonchev–Trinajstić information content (AvgIpc) is 3.03. The van der Waals surface area contributed by atoms with Crippen LogP contribution in [0.4, 0.5) is 4.39 Å². The number of benzene rings is 2. The zero-order chi connectivity index (χ0) is 18.5. The van der Waals surface area contributed by atoms with Crippen LogP contribution in [-0.4, -0.2) is 22.5 Å². The second kappa shape index (κ2) is 7.97. The van der Waals surface area contributed by atoms with Crippen molar-refractivity contribution in [2.45, 2.75) is 13.3 Å². The number of fused-ring (bicyclic) bond motifs is 1. The minimum atomic E-state index is -0.388. The van der Waals surface area contributed by atoms with Crippen molar-refractivity contribution in [3.05, 3.63) is 60.0 Å². The Labute approximate surface area is 156 Å². The number of aromatic amines is 1. The third-order valence-corrected chi connectivity index (χ3v) is 4.12. The van der Waals surface area contributed by atoms with Crippen molar-refractivity contribution in [1.29, 1.82) is 0 Å². The monoisotopic (exact) mass is 370 g/mol. The van der Waals surface area contributed by atoms with Gasteiger partial charge in [0, 0.05) is 23.0 Å². The molecular formula is C19H19FN4OS. The summed E-state index contributed by atoms with van der Waals surface area (Å²) in [5.74, 6) is -0.746. The molecule has 0 aliphatic carbocycles. The molecule has 1 amide bonds. The molecule has 7 heteroatoms. The number of hydrazine groups is 1. The molecule has 0 saturated carbocycles. The first-order chi connectivity index (χ1) is 12.6. The molecule has 0 atom stereocenters. The van der Waals surface area contributed by atoms with Crippen molar-refractivity contribution in [3.8, 4) is 11.1 Å². The van der Waals surface area contributed by atoms with Gasteiger partial charge in [0.1, 0.15) is 11.5 Å². The predicted molar refractivity (Wildman–Crippen MR) is 105 cm³/mol. The van der Waals surface area contributed by atoms with Gasteiger partial charge in [0.25, 0.3) is 5.91 Å². The molecular weight excluding hydrogens is 351 g/mol. The van der Waals surface area contributed by atoms with E-state index in [1.54, 1.807) is 6.07 Å². The van der Waals surface area contributed by atoms with Gasteiger partial charge in [-0.3, -0.25) is 15.6 Å². The summed E-state index contributed by atoms with van der Waals surface area (Å²) in [5, 5.41) is 3.95. The third-order valence-electron chi connectivity index (χ3n) is 3.88. The predicted octanol–water partition coefficient (Wildman–Crippen LogP) is 3.49. The summed E-state index contributed by atoms with van der Waals surface area (Å²) in [7, 11) is 0. The van der Waals surface area contributed by atoms with Crippen LogP contribution in [0.5, 0.6) is 0 Å². The highest BCUT2D eigenvalue weighted by molar-refractivity contribution is 7.80. The van der Waals surface area contributed by atoms with Crippen molar-refractivity contribution >= 4 is 34.1 Å². The Morgan fingerprint density at radius 3 is 2.65 bits per heavy atom. The number of thiocarbonyl (C=S) groups is 1. The molecule has 0 radical (unpaired) electrons. The summed E-state index contributed by atoms with van der Waals surface area (Å²) in [4.78, 5) is 15.8. The van der Waals surface area contributed by atoms with Crippen LogP contribution in [-0.2, 0) is 0 Å². The van der Waals surface area contributed by atoms with Crippen molar-refractivity contribution in [1.82, 2.24) is 21.2 Å². The van der Waals surface area contributed by atoms with Crippen LogP contribution in [0.3, 0.4) is 0 Å². The van der Waals surface area contributed by atoms with Crippen LogP contribution in [0.25, 0.3) is 22.0 Å². The maximum atomic E-state index is 13.8. The van der Waals surface area contributed by atoms with Gasteiger partial charge in [0.2, 0.25) is 0 Å². The van der Waals surface area contributed by atoms with Gasteiger partial charge in [0.05, 0.1) is 0 Å². The Balaban J connectivity index is 1.95. The van der Waals surface area contributed by atoms with Crippen LogP contribution in [0.1, 0.15) is 23.8 Å². The van der Waals surface area contributed by atoms with Crippen LogP contribution >= 0.6 is 12.2 Å². The zero-order valence-corrected chi connectivity index (χ0v) is 15.0. The number of hydrogen-bond donors (Lipinski definition) is 4. The zero-order valence-electron chi connectivity index (χ0n) is 14.2. The first kappa shape index (κ1) is 17.9. The fourth-order valence-corrected chi connectivity index (χ4v) is 2.85. The molecule has 134 valence electrons. The quantitative estimate of drug-likeness (QED) is 0.419. The molecule has 0 spiro atoms. The largest absolute Gasteiger partial charge is 0.361 e. The van der Waals surface area contributed by atoms with Crippen molar-refractivity contribution in [3.63, 3.8) is 0 Å². The molecule has 2 aromatic carbocycles. The van der Waals surface area contributed by atoms with E-state index in [2.05, 4.69) is 21.2 Å². The Hall–Kier alpha value is -2.93. The minimum absolute atomic E-state index is 0.336. The minimum Gasteiger partial charge on any atom is -0.361 e. The van der Waals surface area contributed by atoms with Crippen molar-refractivity contribution in [2.75, 3.05) is 6.54 Å². The maximum Gasteiger partial charge on any atom is 0.286 e. The Morgan fingerprint density at radius 1 is 1.15 bits per heavy atom. The number of H-pyrrole nitrogens is 1. The fourth-order valence-electron chi connectivity index (χ4n) is 2.70. The lowest BCUT2D eigenvalue weighted by molar-refractivity contribution is 0.0940. The summed E-state index contributed by atoms with van der Waals surface area (Å²) in [6.45, 7) is 2.73. The second-order valence-corrected chi connectivity index (χ2v) is 6.17. The van der Waals surface area contributed by atoms with E-state index in [0.29, 0.717) is 33.8 Å². The maximum absolute atomic E-state index is 13.8. The first-order valence-electron chi connectivity index (χ1n) is 8.31. The SMILES string of the molecule is CCCNC(=S)NNC(=O)c1[nH]c2ccc(F)cc2c1-c1ccccc1. The Kier molecular flexibility index (Phi) is 5.48. The summed E-state index contributed by atoms with van der Waals surface area (Å²) >= 11 is 5.10. The highest BCUT2D eigenvalue weighted by Gasteiger charge is 2.19. The van der Waals surface area contributed by atoms with Gasteiger partial charge < -0.3 is 10.3 Å². The summed E-state index contributed by atoms with van der Waals surface area (Å²) in [5.41, 5.74) is 7.74. The van der Waals surface area contributed by atoms with E-state index in [0.717, 1.165) is 12.0 Å². The van der Waals surface area contributed by atoms with Gasteiger partial charge in [-0.25, -0.2) is 4.39 Å². The molecule has 0 bridgehead atoms. The second-order valence-electron chi connectivity index (χ2n) is 5.77. The smallest absolute Gasteiger partial charge is 0.286 e. The first-order valence-corrected chi connectivity index (χ1v) is 8.71. The van der Waals surface area contributed by atoms with Crippen LogP contribution < -0.4 is 16.2 Å². The Bertz CT molecular complexity index is 939. The van der Waals surface area contributed by atoms with Crippen molar-refractivity contribution in [2.24, 2.45) is 0 Å². The van der Waals surface area contributed by atoms with E-state index < -0.39 is 0 Å². The normalized spacial score (nSPS) is 10.5. The van der Waals surface area contributed by atoms with E-state index in [1.807, 2.05) is 37.3 Å². The molecule has 4 N–H and O–H groups in total.